The number of alkyl halides is 1. The van der Waals surface area contributed by atoms with Crippen LogP contribution in [0.5, 0.6) is 0 Å². The maximum Gasteiger partial charge on any atom is 0.152 e. The Kier molecular flexibility index (Phi) is 6.16. The zero-order valence-electron chi connectivity index (χ0n) is 5.77. The topological polar surface area (TPSA) is 9.23 Å². The fraction of sp³-hybridized carbons (Fsp3) is 0.714. The van der Waals surface area contributed by atoms with Gasteiger partial charge in [-0.25, -0.2) is 0 Å². The minimum Gasteiger partial charge on any atom is -0.487 e. The van der Waals surface area contributed by atoms with E-state index in [0.717, 1.165) is 6.42 Å². The van der Waals surface area contributed by atoms with Crippen LogP contribution in [0.4, 0.5) is 0 Å². The first-order valence-electron chi connectivity index (χ1n) is 3.21. The molecule has 1 unspecified atom stereocenters. The second-order valence-electron chi connectivity index (χ2n) is 1.86. The molecule has 0 saturated carbocycles. The Balaban J connectivity index is 3.04. The Hall–Kier alpha value is 0.0200. The Labute approximate surface area is 65.2 Å². The quantitative estimate of drug-likeness (QED) is 0.481. The molecule has 0 radical (unpaired) electrons. The van der Waals surface area contributed by atoms with E-state index >= 15 is 0 Å². The van der Waals surface area contributed by atoms with E-state index in [1.165, 1.54) is 19.1 Å². The predicted octanol–water partition coefficient (Wildman–Crippen LogP) is 3.06. The molecule has 0 aromatic rings. The van der Waals surface area contributed by atoms with Crippen LogP contribution in [0.1, 0.15) is 26.2 Å². The van der Waals surface area contributed by atoms with Crippen LogP contribution in [0, 0.1) is 0 Å². The van der Waals surface area contributed by atoms with Gasteiger partial charge in [-0.2, -0.15) is 0 Å². The molecule has 0 saturated heterocycles. The summed E-state index contributed by atoms with van der Waals surface area (Å²) in [4.78, 5) is 0. The Morgan fingerprint density at radius 3 is 2.89 bits per heavy atom. The summed E-state index contributed by atoms with van der Waals surface area (Å²) in [7, 11) is 0. The van der Waals surface area contributed by atoms with Gasteiger partial charge in [-0.05, 0) is 28.8 Å². The molecule has 0 bridgehead atoms. The van der Waals surface area contributed by atoms with Crippen molar-refractivity contribution in [1.29, 1.82) is 0 Å². The molecule has 0 N–H and O–H groups in total. The van der Waals surface area contributed by atoms with Crippen molar-refractivity contribution in [3.05, 3.63) is 12.8 Å². The van der Waals surface area contributed by atoms with E-state index in [-0.39, 0.29) is 5.01 Å². The van der Waals surface area contributed by atoms with Gasteiger partial charge in [0, 0.05) is 0 Å². The smallest absolute Gasteiger partial charge is 0.152 e. The van der Waals surface area contributed by atoms with Gasteiger partial charge >= 0.3 is 0 Å². The van der Waals surface area contributed by atoms with Crippen LogP contribution in [0.2, 0.25) is 0 Å². The third-order valence-corrected chi connectivity index (χ3v) is 1.70. The van der Waals surface area contributed by atoms with Gasteiger partial charge in [0.05, 0.1) is 6.26 Å². The molecule has 0 aromatic carbocycles. The molecule has 0 aromatic heterocycles. The highest BCUT2D eigenvalue weighted by Gasteiger charge is 1.98. The highest BCUT2D eigenvalue weighted by Crippen LogP contribution is 2.10. The third-order valence-electron chi connectivity index (χ3n) is 1.03. The van der Waals surface area contributed by atoms with E-state index < -0.39 is 0 Å². The van der Waals surface area contributed by atoms with Gasteiger partial charge in [0.15, 0.2) is 5.01 Å². The summed E-state index contributed by atoms with van der Waals surface area (Å²) in [5.41, 5.74) is 0. The van der Waals surface area contributed by atoms with Crippen molar-refractivity contribution >= 4 is 15.9 Å². The Morgan fingerprint density at radius 1 is 1.78 bits per heavy atom. The summed E-state index contributed by atoms with van der Waals surface area (Å²) in [6.45, 7) is 5.62. The molecule has 0 aliphatic carbocycles. The molecule has 0 amide bonds. The normalized spacial score (nSPS) is 12.7. The van der Waals surface area contributed by atoms with E-state index in [9.17, 15) is 0 Å². The lowest BCUT2D eigenvalue weighted by atomic mass is 10.3. The average molecular weight is 193 g/mol. The van der Waals surface area contributed by atoms with Crippen LogP contribution in [0.3, 0.4) is 0 Å². The van der Waals surface area contributed by atoms with Gasteiger partial charge in [0.2, 0.25) is 0 Å². The summed E-state index contributed by atoms with van der Waals surface area (Å²) >= 11 is 3.35. The molecule has 0 heterocycles. The van der Waals surface area contributed by atoms with Crippen LogP contribution < -0.4 is 0 Å². The van der Waals surface area contributed by atoms with Crippen molar-refractivity contribution in [2.75, 3.05) is 0 Å². The zero-order chi connectivity index (χ0) is 7.11. The van der Waals surface area contributed by atoms with E-state index in [1.54, 1.807) is 0 Å². The molecule has 0 fully saturated rings. The fourth-order valence-corrected chi connectivity index (χ4v) is 1.01. The molecular weight excluding hydrogens is 180 g/mol. The van der Waals surface area contributed by atoms with E-state index in [4.69, 9.17) is 4.74 Å². The van der Waals surface area contributed by atoms with Gasteiger partial charge < -0.3 is 4.74 Å². The first-order chi connectivity index (χ1) is 4.31. The number of unbranched alkanes of at least 4 members (excludes halogenated alkanes) is 1. The van der Waals surface area contributed by atoms with Crippen LogP contribution in [0.15, 0.2) is 12.8 Å². The summed E-state index contributed by atoms with van der Waals surface area (Å²) in [6.07, 6.45) is 4.93. The lowest BCUT2D eigenvalue weighted by Gasteiger charge is -2.06. The standard InChI is InChI=1S/C7H13BrO/c1-3-5-6-7(8)9-4-2/h4,7H,2-3,5-6H2,1H3. The SMILES string of the molecule is C=COC(Br)CCCC. The van der Waals surface area contributed by atoms with Crippen LogP contribution >= 0.6 is 15.9 Å². The maximum absolute atomic E-state index is 5.02. The van der Waals surface area contributed by atoms with Crippen LogP contribution in [0.25, 0.3) is 0 Å². The monoisotopic (exact) mass is 192 g/mol. The predicted molar refractivity (Wildman–Crippen MR) is 43.5 cm³/mol. The van der Waals surface area contributed by atoms with E-state index in [0.29, 0.717) is 0 Å². The minimum atomic E-state index is 0.162. The van der Waals surface area contributed by atoms with E-state index in [2.05, 4.69) is 29.4 Å². The molecule has 1 atom stereocenters. The molecule has 0 spiro atoms. The first-order valence-corrected chi connectivity index (χ1v) is 4.13. The molecule has 2 heteroatoms. The average Bonchev–Trinajstić information content (AvgIpc) is 1.85. The number of halogens is 1. The van der Waals surface area contributed by atoms with Crippen molar-refractivity contribution < 1.29 is 4.74 Å². The minimum absolute atomic E-state index is 0.162. The molecule has 54 valence electrons. The highest BCUT2D eigenvalue weighted by molar-refractivity contribution is 9.09. The van der Waals surface area contributed by atoms with Crippen molar-refractivity contribution in [2.24, 2.45) is 0 Å². The molecule has 9 heavy (non-hydrogen) atoms. The summed E-state index contributed by atoms with van der Waals surface area (Å²) < 4.78 is 5.02. The summed E-state index contributed by atoms with van der Waals surface area (Å²) in [5.74, 6) is 0. The van der Waals surface area contributed by atoms with Crippen molar-refractivity contribution in [3.8, 4) is 0 Å². The van der Waals surface area contributed by atoms with Crippen molar-refractivity contribution in [3.63, 3.8) is 0 Å². The molecule has 0 aliphatic rings. The molecule has 1 nitrogen and oxygen atoms in total. The van der Waals surface area contributed by atoms with Crippen molar-refractivity contribution in [2.45, 2.75) is 31.2 Å². The largest absolute Gasteiger partial charge is 0.487 e. The highest BCUT2D eigenvalue weighted by atomic mass is 79.9. The number of hydrogen-bond donors (Lipinski definition) is 0. The van der Waals surface area contributed by atoms with Crippen LogP contribution in [-0.2, 0) is 4.74 Å². The van der Waals surface area contributed by atoms with Crippen molar-refractivity contribution in [1.82, 2.24) is 0 Å². The second kappa shape index (κ2) is 6.14. The fourth-order valence-electron chi connectivity index (χ4n) is 0.537. The first kappa shape index (κ1) is 9.02. The lowest BCUT2D eigenvalue weighted by Crippen LogP contribution is -1.97. The number of hydrogen-bond acceptors (Lipinski definition) is 1. The molecular formula is C7H13BrO. The number of ether oxygens (including phenoxy) is 1. The Morgan fingerprint density at radius 2 is 2.44 bits per heavy atom. The third kappa shape index (κ3) is 5.90. The summed E-state index contributed by atoms with van der Waals surface area (Å²) in [5, 5.41) is 0.162. The van der Waals surface area contributed by atoms with Gasteiger partial charge in [-0.15, -0.1) is 0 Å². The van der Waals surface area contributed by atoms with E-state index in [1.807, 2.05) is 0 Å². The second-order valence-corrected chi connectivity index (χ2v) is 2.88. The van der Waals surface area contributed by atoms with Gasteiger partial charge in [0.25, 0.3) is 0 Å². The van der Waals surface area contributed by atoms with Gasteiger partial charge in [0.1, 0.15) is 0 Å². The number of rotatable bonds is 5. The molecule has 0 aliphatic heterocycles. The zero-order valence-corrected chi connectivity index (χ0v) is 7.36. The lowest BCUT2D eigenvalue weighted by molar-refractivity contribution is 0.217. The van der Waals surface area contributed by atoms with Gasteiger partial charge in [-0.3, -0.25) is 0 Å². The van der Waals surface area contributed by atoms with Crippen LogP contribution in [-0.4, -0.2) is 5.01 Å². The maximum atomic E-state index is 5.02. The Bertz CT molecular complexity index is 73.3. The summed E-state index contributed by atoms with van der Waals surface area (Å²) in [6, 6.07) is 0. The van der Waals surface area contributed by atoms with Gasteiger partial charge in [-0.1, -0.05) is 19.9 Å². The molecule has 0 rings (SSSR count).